The van der Waals surface area contributed by atoms with Crippen molar-refractivity contribution in [3.63, 3.8) is 0 Å². The van der Waals surface area contributed by atoms with Crippen LogP contribution in [0.1, 0.15) is 25.5 Å². The Morgan fingerprint density at radius 2 is 2.07 bits per heavy atom. The van der Waals surface area contributed by atoms with E-state index in [1.807, 2.05) is 6.92 Å². The minimum atomic E-state index is -4.41. The van der Waals surface area contributed by atoms with Crippen molar-refractivity contribution in [2.75, 3.05) is 0 Å². The number of alkyl halides is 3. The van der Waals surface area contributed by atoms with Crippen LogP contribution in [0.15, 0.2) is 4.60 Å². The van der Waals surface area contributed by atoms with Gasteiger partial charge in [-0.25, -0.2) is 4.68 Å². The van der Waals surface area contributed by atoms with Gasteiger partial charge in [0.1, 0.15) is 0 Å². The zero-order valence-electron chi connectivity index (χ0n) is 7.47. The molecule has 0 aliphatic heterocycles. The molecule has 0 atom stereocenters. The largest absolute Gasteiger partial charge is 0.435 e. The number of hydrogen-bond donors (Lipinski definition) is 0. The molecule has 0 bridgehead atoms. The van der Waals surface area contributed by atoms with Gasteiger partial charge in [-0.2, -0.15) is 13.2 Å². The Morgan fingerprint density at radius 1 is 1.43 bits per heavy atom. The maximum absolute atomic E-state index is 12.4. The van der Waals surface area contributed by atoms with Gasteiger partial charge in [0, 0.05) is 6.54 Å². The molecule has 0 spiro atoms. The van der Waals surface area contributed by atoms with Gasteiger partial charge >= 0.3 is 6.18 Å². The molecule has 1 rings (SSSR count). The van der Waals surface area contributed by atoms with Crippen molar-refractivity contribution >= 4 is 15.9 Å². The van der Waals surface area contributed by atoms with Crippen molar-refractivity contribution in [2.24, 2.45) is 0 Å². The van der Waals surface area contributed by atoms with Crippen LogP contribution < -0.4 is 0 Å². The van der Waals surface area contributed by atoms with E-state index in [4.69, 9.17) is 0 Å². The van der Waals surface area contributed by atoms with Gasteiger partial charge in [-0.15, -0.1) is 5.10 Å². The monoisotopic (exact) mass is 271 g/mol. The van der Waals surface area contributed by atoms with Crippen molar-refractivity contribution in [2.45, 2.75) is 32.5 Å². The summed E-state index contributed by atoms with van der Waals surface area (Å²) in [4.78, 5) is 0. The van der Waals surface area contributed by atoms with E-state index in [0.717, 1.165) is 11.1 Å². The summed E-state index contributed by atoms with van der Waals surface area (Å²) in [6.07, 6.45) is -2.94. The first-order chi connectivity index (χ1) is 6.46. The van der Waals surface area contributed by atoms with E-state index in [9.17, 15) is 13.2 Å². The second-order valence-electron chi connectivity index (χ2n) is 2.80. The average Bonchev–Trinajstić information content (AvgIpc) is 2.42. The molecule has 1 aromatic rings. The van der Waals surface area contributed by atoms with Crippen LogP contribution in [0.4, 0.5) is 13.2 Å². The Morgan fingerprint density at radius 3 is 2.57 bits per heavy atom. The fourth-order valence-corrected chi connectivity index (χ4v) is 1.52. The second-order valence-corrected chi connectivity index (χ2v) is 3.55. The lowest BCUT2D eigenvalue weighted by atomic mass is 10.3. The highest BCUT2D eigenvalue weighted by molar-refractivity contribution is 9.10. The predicted molar refractivity (Wildman–Crippen MR) is 47.6 cm³/mol. The Hall–Kier alpha value is -0.590. The van der Waals surface area contributed by atoms with E-state index >= 15 is 0 Å². The van der Waals surface area contributed by atoms with Crippen LogP contribution in [0.25, 0.3) is 0 Å². The van der Waals surface area contributed by atoms with Crippen molar-refractivity contribution in [3.8, 4) is 0 Å². The van der Waals surface area contributed by atoms with Gasteiger partial charge in [-0.1, -0.05) is 18.6 Å². The van der Waals surface area contributed by atoms with Gasteiger partial charge in [-0.05, 0) is 22.4 Å². The molecule has 0 aliphatic carbocycles. The summed E-state index contributed by atoms with van der Waals surface area (Å²) in [6, 6.07) is 0. The molecule has 14 heavy (non-hydrogen) atoms. The summed E-state index contributed by atoms with van der Waals surface area (Å²) in [7, 11) is 0. The van der Waals surface area contributed by atoms with Gasteiger partial charge < -0.3 is 0 Å². The Bertz CT molecular complexity index is 308. The number of unbranched alkanes of at least 4 members (excludes halogenated alkanes) is 1. The molecule has 3 nitrogen and oxygen atoms in total. The van der Waals surface area contributed by atoms with Gasteiger partial charge in [0.15, 0.2) is 10.3 Å². The van der Waals surface area contributed by atoms with E-state index in [-0.39, 0.29) is 11.1 Å². The number of aryl methyl sites for hydroxylation is 1. The summed E-state index contributed by atoms with van der Waals surface area (Å²) in [5.74, 6) is 0. The molecule has 7 heteroatoms. The van der Waals surface area contributed by atoms with Gasteiger partial charge in [0.05, 0.1) is 0 Å². The molecule has 0 aromatic carbocycles. The number of rotatable bonds is 3. The number of halogens is 4. The molecule has 1 aromatic heterocycles. The quantitative estimate of drug-likeness (QED) is 0.847. The first-order valence-electron chi connectivity index (χ1n) is 4.13. The first-order valence-corrected chi connectivity index (χ1v) is 4.92. The molecular formula is C7H9BrF3N3. The fraction of sp³-hybridized carbons (Fsp3) is 0.714. The molecule has 0 saturated carbocycles. The number of aromatic nitrogens is 3. The zero-order chi connectivity index (χ0) is 10.8. The SMILES string of the molecule is CCCCn1nnc(Br)c1C(F)(F)F. The van der Waals surface area contributed by atoms with Crippen LogP contribution in [0.3, 0.4) is 0 Å². The minimum absolute atomic E-state index is 0.240. The van der Waals surface area contributed by atoms with Crippen molar-refractivity contribution in [3.05, 3.63) is 10.3 Å². The third-order valence-corrected chi connectivity index (χ3v) is 2.22. The maximum Gasteiger partial charge on any atom is 0.435 e. The lowest BCUT2D eigenvalue weighted by Gasteiger charge is -2.08. The highest BCUT2D eigenvalue weighted by Gasteiger charge is 2.38. The molecular weight excluding hydrogens is 263 g/mol. The summed E-state index contributed by atoms with van der Waals surface area (Å²) >= 11 is 2.73. The predicted octanol–water partition coefficient (Wildman–Crippen LogP) is 2.86. The van der Waals surface area contributed by atoms with Gasteiger partial charge in [-0.3, -0.25) is 0 Å². The number of nitrogens with zero attached hydrogens (tertiary/aromatic N) is 3. The zero-order valence-corrected chi connectivity index (χ0v) is 9.06. The van der Waals surface area contributed by atoms with Crippen LogP contribution >= 0.6 is 15.9 Å². The Labute approximate surface area is 87.4 Å². The molecule has 80 valence electrons. The molecule has 1 heterocycles. The molecule has 0 saturated heterocycles. The first kappa shape index (κ1) is 11.5. The summed E-state index contributed by atoms with van der Waals surface area (Å²) in [5.41, 5.74) is -0.814. The van der Waals surface area contributed by atoms with E-state index in [1.165, 1.54) is 0 Å². The summed E-state index contributed by atoms with van der Waals surface area (Å²) in [5, 5.41) is 6.77. The second kappa shape index (κ2) is 4.29. The molecule has 0 aliphatic rings. The molecule has 0 unspecified atom stereocenters. The smallest absolute Gasteiger partial charge is 0.239 e. The van der Waals surface area contributed by atoms with Crippen molar-refractivity contribution < 1.29 is 13.2 Å². The topological polar surface area (TPSA) is 30.7 Å². The van der Waals surface area contributed by atoms with Crippen LogP contribution in [-0.2, 0) is 12.7 Å². The summed E-state index contributed by atoms with van der Waals surface area (Å²) in [6.45, 7) is 2.14. The maximum atomic E-state index is 12.4. The average molecular weight is 272 g/mol. The standard InChI is InChI=1S/C7H9BrF3N3/c1-2-3-4-14-5(7(9,10)11)6(8)12-13-14/h2-4H2,1H3. The van der Waals surface area contributed by atoms with E-state index in [0.29, 0.717) is 6.42 Å². The van der Waals surface area contributed by atoms with Crippen LogP contribution in [-0.4, -0.2) is 15.0 Å². The van der Waals surface area contributed by atoms with Crippen LogP contribution in [0.2, 0.25) is 0 Å². The van der Waals surface area contributed by atoms with Crippen molar-refractivity contribution in [1.82, 2.24) is 15.0 Å². The molecule has 0 amide bonds. The van der Waals surface area contributed by atoms with Crippen LogP contribution in [0, 0.1) is 0 Å². The van der Waals surface area contributed by atoms with Crippen LogP contribution in [0.5, 0.6) is 0 Å². The fourth-order valence-electron chi connectivity index (χ4n) is 1.02. The third kappa shape index (κ3) is 2.46. The number of hydrogen-bond acceptors (Lipinski definition) is 2. The summed E-state index contributed by atoms with van der Waals surface area (Å²) < 4.78 is 38.0. The molecule has 0 fully saturated rings. The van der Waals surface area contributed by atoms with E-state index in [2.05, 4.69) is 26.2 Å². The molecule has 0 N–H and O–H groups in total. The lowest BCUT2D eigenvalue weighted by molar-refractivity contribution is -0.144. The highest BCUT2D eigenvalue weighted by atomic mass is 79.9. The highest BCUT2D eigenvalue weighted by Crippen LogP contribution is 2.33. The van der Waals surface area contributed by atoms with Crippen molar-refractivity contribution in [1.29, 1.82) is 0 Å². The Balaban J connectivity index is 2.95. The molecule has 0 radical (unpaired) electrons. The van der Waals surface area contributed by atoms with Gasteiger partial charge in [0.25, 0.3) is 0 Å². The normalized spacial score (nSPS) is 12.1. The van der Waals surface area contributed by atoms with E-state index < -0.39 is 11.9 Å². The van der Waals surface area contributed by atoms with E-state index in [1.54, 1.807) is 0 Å². The Kier molecular flexibility index (Phi) is 3.52. The lowest BCUT2D eigenvalue weighted by Crippen LogP contribution is -2.15. The third-order valence-electron chi connectivity index (χ3n) is 1.69. The minimum Gasteiger partial charge on any atom is -0.239 e. The van der Waals surface area contributed by atoms with Gasteiger partial charge in [0.2, 0.25) is 0 Å².